The number of anilines is 2. The highest BCUT2D eigenvalue weighted by Gasteiger charge is 2.11. The number of carbonyl (C=O) groups excluding carboxylic acids is 1. The van der Waals surface area contributed by atoms with Crippen LogP contribution in [0.15, 0.2) is 103 Å². The molecule has 3 aromatic rings. The maximum Gasteiger partial charge on any atom is 0.190 e. The second kappa shape index (κ2) is 7.42. The summed E-state index contributed by atoms with van der Waals surface area (Å²) < 4.78 is 0. The Kier molecular flexibility index (Phi) is 4.87. The van der Waals surface area contributed by atoms with E-state index in [4.69, 9.17) is 0 Å². The highest BCUT2D eigenvalue weighted by Crippen LogP contribution is 2.26. The van der Waals surface area contributed by atoms with E-state index in [0.29, 0.717) is 11.1 Å². The minimum Gasteiger partial charge on any atom is -0.317 e. The largest absolute Gasteiger partial charge is 0.317 e. The standard InChI is InChI=1S/C22H19NO/c1-18(22(24)19-11-5-2-6-12-19)17-23(20-13-7-3-8-14-20)21-15-9-4-10-16-21/h2-17H,1H3/b18-17+. The van der Waals surface area contributed by atoms with Crippen LogP contribution in [0, 0.1) is 0 Å². The first-order valence-corrected chi connectivity index (χ1v) is 7.93. The zero-order valence-electron chi connectivity index (χ0n) is 13.6. The summed E-state index contributed by atoms with van der Waals surface area (Å²) in [7, 11) is 0. The Balaban J connectivity index is 1.99. The number of rotatable bonds is 5. The van der Waals surface area contributed by atoms with Crippen molar-refractivity contribution in [2.75, 3.05) is 4.90 Å². The molecule has 0 aromatic heterocycles. The Labute approximate surface area is 142 Å². The van der Waals surface area contributed by atoms with E-state index < -0.39 is 0 Å². The highest BCUT2D eigenvalue weighted by atomic mass is 16.1. The second-order valence-corrected chi connectivity index (χ2v) is 5.55. The molecule has 0 fully saturated rings. The van der Waals surface area contributed by atoms with Gasteiger partial charge in [0, 0.05) is 28.7 Å². The van der Waals surface area contributed by atoms with Crippen LogP contribution in [-0.2, 0) is 0 Å². The van der Waals surface area contributed by atoms with E-state index in [9.17, 15) is 4.79 Å². The van der Waals surface area contributed by atoms with Gasteiger partial charge in [-0.05, 0) is 31.2 Å². The molecule has 0 N–H and O–H groups in total. The van der Waals surface area contributed by atoms with Crippen molar-refractivity contribution in [3.05, 3.63) is 108 Å². The zero-order chi connectivity index (χ0) is 16.8. The van der Waals surface area contributed by atoms with Crippen LogP contribution in [-0.4, -0.2) is 5.78 Å². The van der Waals surface area contributed by atoms with E-state index in [-0.39, 0.29) is 5.78 Å². The van der Waals surface area contributed by atoms with Crippen LogP contribution >= 0.6 is 0 Å². The van der Waals surface area contributed by atoms with Gasteiger partial charge < -0.3 is 4.90 Å². The maximum atomic E-state index is 12.6. The predicted octanol–water partition coefficient (Wildman–Crippen LogP) is 5.61. The Morgan fingerprint density at radius 3 is 1.58 bits per heavy atom. The van der Waals surface area contributed by atoms with Crippen molar-refractivity contribution >= 4 is 17.2 Å². The summed E-state index contributed by atoms with van der Waals surface area (Å²) in [5, 5.41) is 0. The number of hydrogen-bond acceptors (Lipinski definition) is 2. The number of nitrogens with zero attached hydrogens (tertiary/aromatic N) is 1. The molecule has 118 valence electrons. The fraction of sp³-hybridized carbons (Fsp3) is 0.0455. The molecule has 0 aliphatic carbocycles. The number of Topliss-reactive ketones (excluding diaryl/α,β-unsaturated/α-hetero) is 1. The maximum absolute atomic E-state index is 12.6. The summed E-state index contributed by atoms with van der Waals surface area (Å²) in [5.41, 5.74) is 3.43. The van der Waals surface area contributed by atoms with E-state index >= 15 is 0 Å². The summed E-state index contributed by atoms with van der Waals surface area (Å²) in [6.45, 7) is 1.86. The highest BCUT2D eigenvalue weighted by molar-refractivity contribution is 6.08. The van der Waals surface area contributed by atoms with Gasteiger partial charge in [0.25, 0.3) is 0 Å². The minimum atomic E-state index is 0.0347. The van der Waals surface area contributed by atoms with Crippen molar-refractivity contribution in [1.29, 1.82) is 0 Å². The molecule has 0 unspecified atom stereocenters. The van der Waals surface area contributed by atoms with E-state index in [1.165, 1.54) is 0 Å². The van der Waals surface area contributed by atoms with Gasteiger partial charge in [-0.1, -0.05) is 66.7 Å². The molecule has 0 heterocycles. The molecule has 0 bridgehead atoms. The van der Waals surface area contributed by atoms with Crippen molar-refractivity contribution in [1.82, 2.24) is 0 Å². The van der Waals surface area contributed by atoms with Gasteiger partial charge in [-0.3, -0.25) is 4.79 Å². The van der Waals surface area contributed by atoms with E-state index in [1.54, 1.807) is 0 Å². The van der Waals surface area contributed by atoms with Crippen LogP contribution in [0.3, 0.4) is 0 Å². The molecule has 0 amide bonds. The molecular weight excluding hydrogens is 294 g/mol. The molecule has 0 saturated carbocycles. The molecule has 24 heavy (non-hydrogen) atoms. The average Bonchev–Trinajstić information content (AvgIpc) is 2.67. The molecule has 2 heteroatoms. The third-order valence-electron chi connectivity index (χ3n) is 3.79. The molecule has 3 aromatic carbocycles. The number of ketones is 1. The lowest BCUT2D eigenvalue weighted by molar-refractivity contribution is 0.103. The molecule has 0 atom stereocenters. The number of carbonyl (C=O) groups is 1. The summed E-state index contributed by atoms with van der Waals surface area (Å²) in [4.78, 5) is 14.7. The van der Waals surface area contributed by atoms with Crippen LogP contribution in [0.2, 0.25) is 0 Å². The zero-order valence-corrected chi connectivity index (χ0v) is 13.6. The quantitative estimate of drug-likeness (QED) is 0.450. The Bertz CT molecular complexity index is 784. The normalized spacial score (nSPS) is 11.1. The van der Waals surface area contributed by atoms with E-state index in [0.717, 1.165) is 11.4 Å². The van der Waals surface area contributed by atoms with E-state index in [1.807, 2.05) is 109 Å². The monoisotopic (exact) mass is 313 g/mol. The first kappa shape index (κ1) is 15.8. The Hall–Kier alpha value is -3.13. The van der Waals surface area contributed by atoms with Gasteiger partial charge in [0.15, 0.2) is 5.78 Å². The molecule has 0 saturated heterocycles. The number of benzene rings is 3. The molecule has 0 aliphatic rings. The number of para-hydroxylation sites is 2. The van der Waals surface area contributed by atoms with E-state index in [2.05, 4.69) is 0 Å². The summed E-state index contributed by atoms with van der Waals surface area (Å²) in [6.07, 6.45) is 1.90. The number of hydrogen-bond donors (Lipinski definition) is 0. The van der Waals surface area contributed by atoms with Gasteiger partial charge in [-0.2, -0.15) is 0 Å². The van der Waals surface area contributed by atoms with Crippen molar-refractivity contribution in [3.8, 4) is 0 Å². The number of allylic oxidation sites excluding steroid dienone is 1. The summed E-state index contributed by atoms with van der Waals surface area (Å²) in [6, 6.07) is 29.4. The molecule has 3 rings (SSSR count). The third kappa shape index (κ3) is 3.61. The first-order chi connectivity index (χ1) is 11.8. The molecule has 2 nitrogen and oxygen atoms in total. The van der Waals surface area contributed by atoms with Crippen LogP contribution in [0.25, 0.3) is 0 Å². The lowest BCUT2D eigenvalue weighted by atomic mass is 10.1. The summed E-state index contributed by atoms with van der Waals surface area (Å²) >= 11 is 0. The van der Waals surface area contributed by atoms with Gasteiger partial charge in [0.05, 0.1) is 0 Å². The van der Waals surface area contributed by atoms with Gasteiger partial charge >= 0.3 is 0 Å². The van der Waals surface area contributed by atoms with Crippen LogP contribution in [0.5, 0.6) is 0 Å². The van der Waals surface area contributed by atoms with Crippen molar-refractivity contribution in [2.45, 2.75) is 6.92 Å². The Morgan fingerprint density at radius 2 is 1.12 bits per heavy atom. The first-order valence-electron chi connectivity index (χ1n) is 7.93. The SMILES string of the molecule is C/C(=C\N(c1ccccc1)c1ccccc1)C(=O)c1ccccc1. The van der Waals surface area contributed by atoms with Crippen LogP contribution in [0.1, 0.15) is 17.3 Å². The Morgan fingerprint density at radius 1 is 0.708 bits per heavy atom. The molecule has 0 radical (unpaired) electrons. The van der Waals surface area contributed by atoms with Gasteiger partial charge in [0.2, 0.25) is 0 Å². The fourth-order valence-electron chi connectivity index (χ4n) is 2.54. The molecule has 0 spiro atoms. The van der Waals surface area contributed by atoms with Crippen molar-refractivity contribution in [3.63, 3.8) is 0 Å². The second-order valence-electron chi connectivity index (χ2n) is 5.55. The molecule has 0 aliphatic heterocycles. The minimum absolute atomic E-state index is 0.0347. The summed E-state index contributed by atoms with van der Waals surface area (Å²) in [5.74, 6) is 0.0347. The fourth-order valence-corrected chi connectivity index (χ4v) is 2.54. The molecular formula is C22H19NO. The van der Waals surface area contributed by atoms with Crippen LogP contribution < -0.4 is 4.90 Å². The third-order valence-corrected chi connectivity index (χ3v) is 3.79. The van der Waals surface area contributed by atoms with Gasteiger partial charge in [0.1, 0.15) is 0 Å². The van der Waals surface area contributed by atoms with Crippen molar-refractivity contribution < 1.29 is 4.79 Å². The predicted molar refractivity (Wildman–Crippen MR) is 99.6 cm³/mol. The lowest BCUT2D eigenvalue weighted by Crippen LogP contribution is -2.12. The van der Waals surface area contributed by atoms with Crippen LogP contribution in [0.4, 0.5) is 11.4 Å². The smallest absolute Gasteiger partial charge is 0.190 e. The van der Waals surface area contributed by atoms with Gasteiger partial charge in [-0.15, -0.1) is 0 Å². The average molecular weight is 313 g/mol. The van der Waals surface area contributed by atoms with Crippen molar-refractivity contribution in [2.24, 2.45) is 0 Å². The lowest BCUT2D eigenvalue weighted by Gasteiger charge is -2.21. The van der Waals surface area contributed by atoms with Gasteiger partial charge in [-0.25, -0.2) is 0 Å². The topological polar surface area (TPSA) is 20.3 Å².